The second-order valence-corrected chi connectivity index (χ2v) is 7.89. The predicted molar refractivity (Wildman–Crippen MR) is 99.8 cm³/mol. The summed E-state index contributed by atoms with van der Waals surface area (Å²) in [5.74, 6) is -0.140. The van der Waals surface area contributed by atoms with E-state index in [9.17, 15) is 18.0 Å². The van der Waals surface area contributed by atoms with Gasteiger partial charge in [-0.3, -0.25) is 4.79 Å². The minimum Gasteiger partial charge on any atom is -0.465 e. The summed E-state index contributed by atoms with van der Waals surface area (Å²) < 4.78 is 34.5. The molecule has 0 spiro atoms. The van der Waals surface area contributed by atoms with Crippen molar-refractivity contribution in [3.8, 4) is 11.5 Å². The van der Waals surface area contributed by atoms with Gasteiger partial charge in [0.05, 0.1) is 12.7 Å². The van der Waals surface area contributed by atoms with E-state index in [2.05, 4.69) is 10.1 Å². The van der Waals surface area contributed by atoms with Crippen molar-refractivity contribution in [1.29, 1.82) is 0 Å². The van der Waals surface area contributed by atoms with E-state index in [-0.39, 0.29) is 22.1 Å². The van der Waals surface area contributed by atoms with Crippen LogP contribution in [-0.2, 0) is 25.8 Å². The van der Waals surface area contributed by atoms with Crippen molar-refractivity contribution in [1.82, 2.24) is 5.32 Å². The first kappa shape index (κ1) is 20.4. The average Bonchev–Trinajstić information content (AvgIpc) is 2.61. The summed E-state index contributed by atoms with van der Waals surface area (Å²) in [6, 6.07) is 11.2. The third-order valence-electron chi connectivity index (χ3n) is 3.70. The highest BCUT2D eigenvalue weighted by Crippen LogP contribution is 2.30. The molecule has 2 aromatic carbocycles. The van der Waals surface area contributed by atoms with Crippen LogP contribution in [0.1, 0.15) is 22.8 Å². The number of methoxy groups -OCH3 is 1. The van der Waals surface area contributed by atoms with Crippen LogP contribution in [0.5, 0.6) is 11.5 Å². The lowest BCUT2D eigenvalue weighted by atomic mass is 10.1. The zero-order valence-corrected chi connectivity index (χ0v) is 16.1. The molecule has 1 N–H and O–H groups in total. The molecule has 7 nitrogen and oxygen atoms in total. The van der Waals surface area contributed by atoms with Crippen molar-refractivity contribution >= 4 is 21.7 Å². The molecule has 8 heteroatoms. The second kappa shape index (κ2) is 8.68. The topological polar surface area (TPSA) is 98.8 Å². The van der Waals surface area contributed by atoms with Crippen molar-refractivity contribution < 1.29 is 27.5 Å². The molecule has 0 saturated carbocycles. The number of hydrogen-bond donors (Lipinski definition) is 1. The highest BCUT2D eigenvalue weighted by Gasteiger charge is 2.19. The van der Waals surface area contributed by atoms with E-state index < -0.39 is 15.8 Å². The number of ether oxygens (including phenoxy) is 2. The summed E-state index contributed by atoms with van der Waals surface area (Å²) in [6.45, 7) is 1.99. The Kier molecular flexibility index (Phi) is 6.57. The maximum atomic E-state index is 12.1. The number of sulfone groups is 1. The maximum absolute atomic E-state index is 12.1. The highest BCUT2D eigenvalue weighted by molar-refractivity contribution is 7.90. The van der Waals surface area contributed by atoms with Crippen LogP contribution >= 0.6 is 0 Å². The van der Waals surface area contributed by atoms with E-state index in [0.29, 0.717) is 18.7 Å². The molecule has 0 aliphatic heterocycles. The van der Waals surface area contributed by atoms with Crippen molar-refractivity contribution in [2.45, 2.75) is 18.2 Å². The monoisotopic (exact) mass is 391 g/mol. The molecule has 0 saturated heterocycles. The fraction of sp³-hybridized carbons (Fsp3) is 0.263. The zero-order chi connectivity index (χ0) is 20.0. The van der Waals surface area contributed by atoms with Crippen LogP contribution in [0.3, 0.4) is 0 Å². The SMILES string of the molecule is COC(=O)c1ccc(Oc2ccc(CCNC(C)=O)cc2)c(S(C)(=O)=O)c1. The van der Waals surface area contributed by atoms with Gasteiger partial charge in [-0.15, -0.1) is 0 Å². The lowest BCUT2D eigenvalue weighted by Crippen LogP contribution is -2.22. The molecular formula is C19H21NO6S. The van der Waals surface area contributed by atoms with E-state index in [1.54, 1.807) is 12.1 Å². The summed E-state index contributed by atoms with van der Waals surface area (Å²) >= 11 is 0. The number of carbonyl (C=O) groups excluding carboxylic acids is 2. The van der Waals surface area contributed by atoms with Crippen LogP contribution in [0.25, 0.3) is 0 Å². The third-order valence-corrected chi connectivity index (χ3v) is 4.82. The molecule has 0 atom stereocenters. The number of rotatable bonds is 7. The minimum atomic E-state index is -3.62. The van der Waals surface area contributed by atoms with Crippen LogP contribution in [0.4, 0.5) is 0 Å². The molecule has 144 valence electrons. The van der Waals surface area contributed by atoms with Gasteiger partial charge in [0.15, 0.2) is 9.84 Å². The van der Waals surface area contributed by atoms with Gasteiger partial charge in [-0.05, 0) is 42.3 Å². The maximum Gasteiger partial charge on any atom is 0.337 e. The Morgan fingerprint density at radius 2 is 1.74 bits per heavy atom. The average molecular weight is 391 g/mol. The summed E-state index contributed by atoms with van der Waals surface area (Å²) in [5, 5.41) is 2.72. The van der Waals surface area contributed by atoms with E-state index in [0.717, 1.165) is 11.8 Å². The highest BCUT2D eigenvalue weighted by atomic mass is 32.2. The van der Waals surface area contributed by atoms with Gasteiger partial charge < -0.3 is 14.8 Å². The van der Waals surface area contributed by atoms with E-state index >= 15 is 0 Å². The molecule has 0 heterocycles. The number of hydrogen-bond acceptors (Lipinski definition) is 6. The summed E-state index contributed by atoms with van der Waals surface area (Å²) in [7, 11) is -2.40. The normalized spacial score (nSPS) is 10.9. The van der Waals surface area contributed by atoms with Gasteiger partial charge in [-0.25, -0.2) is 13.2 Å². The number of nitrogens with one attached hydrogen (secondary N) is 1. The lowest BCUT2D eigenvalue weighted by molar-refractivity contribution is -0.118. The Morgan fingerprint density at radius 1 is 1.07 bits per heavy atom. The first-order valence-corrected chi connectivity index (χ1v) is 10.0. The second-order valence-electron chi connectivity index (χ2n) is 5.90. The minimum absolute atomic E-state index is 0.0846. The Bertz CT molecular complexity index is 935. The van der Waals surface area contributed by atoms with E-state index in [4.69, 9.17) is 4.74 Å². The molecule has 0 unspecified atom stereocenters. The first-order chi connectivity index (χ1) is 12.7. The molecule has 0 aliphatic carbocycles. The number of benzene rings is 2. The molecule has 0 bridgehead atoms. The van der Waals surface area contributed by atoms with Crippen LogP contribution < -0.4 is 10.1 Å². The van der Waals surface area contributed by atoms with E-state index in [1.807, 2.05) is 12.1 Å². The summed E-state index contributed by atoms with van der Waals surface area (Å²) in [5.41, 5.74) is 1.12. The quantitative estimate of drug-likeness (QED) is 0.728. The van der Waals surface area contributed by atoms with Gasteiger partial charge in [-0.2, -0.15) is 0 Å². The number of carbonyl (C=O) groups is 2. The van der Waals surface area contributed by atoms with Crippen molar-refractivity contribution in [2.24, 2.45) is 0 Å². The Balaban J connectivity index is 2.21. The van der Waals surface area contributed by atoms with Crippen molar-refractivity contribution in [3.05, 3.63) is 53.6 Å². The standard InChI is InChI=1S/C19H21NO6S/c1-13(21)20-11-10-14-4-7-16(8-5-14)26-17-9-6-15(19(22)25-2)12-18(17)27(3,23)24/h4-9,12H,10-11H2,1-3H3,(H,20,21). The molecular weight excluding hydrogens is 370 g/mol. The molecule has 27 heavy (non-hydrogen) atoms. The summed E-state index contributed by atoms with van der Waals surface area (Å²) in [4.78, 5) is 22.4. The van der Waals surface area contributed by atoms with Gasteiger partial charge in [0.25, 0.3) is 0 Å². The zero-order valence-electron chi connectivity index (χ0n) is 15.3. The lowest BCUT2D eigenvalue weighted by Gasteiger charge is -2.12. The van der Waals surface area contributed by atoms with Gasteiger partial charge in [0.2, 0.25) is 5.91 Å². The van der Waals surface area contributed by atoms with E-state index in [1.165, 1.54) is 32.2 Å². The van der Waals surface area contributed by atoms with Crippen LogP contribution in [-0.4, -0.2) is 40.2 Å². The fourth-order valence-corrected chi connectivity index (χ4v) is 3.18. The smallest absolute Gasteiger partial charge is 0.337 e. The molecule has 2 aromatic rings. The molecule has 1 amide bonds. The number of amides is 1. The van der Waals surface area contributed by atoms with Gasteiger partial charge in [-0.1, -0.05) is 12.1 Å². The Labute approximate surface area is 158 Å². The largest absolute Gasteiger partial charge is 0.465 e. The Hall–Kier alpha value is -2.87. The number of esters is 1. The molecule has 0 aromatic heterocycles. The molecule has 0 radical (unpaired) electrons. The molecule has 0 fully saturated rings. The Morgan fingerprint density at radius 3 is 2.30 bits per heavy atom. The van der Waals surface area contributed by atoms with Crippen LogP contribution in [0, 0.1) is 0 Å². The molecule has 0 aliphatic rings. The fourth-order valence-electron chi connectivity index (χ4n) is 2.36. The first-order valence-electron chi connectivity index (χ1n) is 8.14. The van der Waals surface area contributed by atoms with Gasteiger partial charge in [0, 0.05) is 19.7 Å². The van der Waals surface area contributed by atoms with Crippen molar-refractivity contribution in [2.75, 3.05) is 19.9 Å². The van der Waals surface area contributed by atoms with Crippen molar-refractivity contribution in [3.63, 3.8) is 0 Å². The van der Waals surface area contributed by atoms with Crippen LogP contribution in [0.2, 0.25) is 0 Å². The molecule has 2 rings (SSSR count). The predicted octanol–water partition coefficient (Wildman–Crippen LogP) is 2.35. The van der Waals surface area contributed by atoms with Crippen LogP contribution in [0.15, 0.2) is 47.4 Å². The van der Waals surface area contributed by atoms with Gasteiger partial charge >= 0.3 is 5.97 Å². The van der Waals surface area contributed by atoms with Gasteiger partial charge in [0.1, 0.15) is 16.4 Å². The third kappa shape index (κ3) is 5.82. The summed E-state index contributed by atoms with van der Waals surface area (Å²) in [6.07, 6.45) is 1.71.